The molecule has 0 amide bonds. The van der Waals surface area contributed by atoms with Crippen LogP contribution in [0.3, 0.4) is 0 Å². The van der Waals surface area contributed by atoms with E-state index in [1.807, 2.05) is 0 Å². The van der Waals surface area contributed by atoms with Crippen molar-refractivity contribution in [2.75, 3.05) is 7.11 Å². The summed E-state index contributed by atoms with van der Waals surface area (Å²) in [6, 6.07) is 1.86. The number of rotatable bonds is 4. The predicted octanol–water partition coefficient (Wildman–Crippen LogP) is 3.83. The number of hydrogen-bond acceptors (Lipinski definition) is 3. The maximum atomic E-state index is 14.4. The molecular formula is C15H21BrF2N2O. The van der Waals surface area contributed by atoms with Crippen LogP contribution in [0.4, 0.5) is 8.78 Å². The van der Waals surface area contributed by atoms with Crippen molar-refractivity contribution in [3.8, 4) is 0 Å². The zero-order valence-corrected chi connectivity index (χ0v) is 13.8. The number of methoxy groups -OCH3 is 1. The standard InChI is InChI=1S/C15H21BrF2N2O/c1-9-4-3-7-15(8-9,21-2)14(20-19)12-11(17)6-5-10(16)13(12)18/h5-6,9,14,20H,3-4,7-8,19H2,1-2H3. The molecule has 1 saturated carbocycles. The van der Waals surface area contributed by atoms with Crippen LogP contribution in [0, 0.1) is 17.6 Å². The highest BCUT2D eigenvalue weighted by molar-refractivity contribution is 9.10. The van der Waals surface area contributed by atoms with Gasteiger partial charge in [-0.2, -0.15) is 0 Å². The van der Waals surface area contributed by atoms with E-state index in [1.54, 1.807) is 7.11 Å². The van der Waals surface area contributed by atoms with Gasteiger partial charge >= 0.3 is 0 Å². The molecule has 1 aromatic carbocycles. The fourth-order valence-electron chi connectivity index (χ4n) is 3.41. The normalized spacial score (nSPS) is 27.6. The van der Waals surface area contributed by atoms with Crippen molar-refractivity contribution in [1.29, 1.82) is 0 Å². The van der Waals surface area contributed by atoms with Crippen LogP contribution >= 0.6 is 15.9 Å². The third-order valence-corrected chi connectivity index (χ3v) is 5.07. The van der Waals surface area contributed by atoms with Crippen LogP contribution in [-0.2, 0) is 4.74 Å². The molecule has 0 aromatic heterocycles. The third kappa shape index (κ3) is 3.13. The van der Waals surface area contributed by atoms with Crippen molar-refractivity contribution >= 4 is 15.9 Å². The van der Waals surface area contributed by atoms with Gasteiger partial charge in [-0.05, 0) is 46.8 Å². The van der Waals surface area contributed by atoms with E-state index in [2.05, 4.69) is 28.3 Å². The van der Waals surface area contributed by atoms with Crippen molar-refractivity contribution in [2.45, 2.75) is 44.2 Å². The predicted molar refractivity (Wildman–Crippen MR) is 81.5 cm³/mol. The van der Waals surface area contributed by atoms with Crippen molar-refractivity contribution in [3.63, 3.8) is 0 Å². The maximum absolute atomic E-state index is 14.4. The van der Waals surface area contributed by atoms with E-state index in [-0.39, 0.29) is 10.0 Å². The summed E-state index contributed by atoms with van der Waals surface area (Å²) >= 11 is 3.10. The average Bonchev–Trinajstić information content (AvgIpc) is 2.47. The van der Waals surface area contributed by atoms with Crippen LogP contribution in [0.1, 0.15) is 44.2 Å². The molecule has 0 radical (unpaired) electrons. The molecule has 0 heterocycles. The second kappa shape index (κ2) is 6.69. The largest absolute Gasteiger partial charge is 0.376 e. The Hall–Kier alpha value is -0.560. The molecule has 6 heteroatoms. The minimum Gasteiger partial charge on any atom is -0.376 e. The molecule has 0 aliphatic heterocycles. The van der Waals surface area contributed by atoms with Crippen molar-refractivity contribution in [3.05, 3.63) is 33.8 Å². The van der Waals surface area contributed by atoms with Crippen LogP contribution in [0.15, 0.2) is 16.6 Å². The Kier molecular flexibility index (Phi) is 5.35. The van der Waals surface area contributed by atoms with Gasteiger partial charge in [-0.15, -0.1) is 0 Å². The molecule has 1 fully saturated rings. The molecule has 3 unspecified atom stereocenters. The van der Waals surface area contributed by atoms with E-state index in [9.17, 15) is 8.78 Å². The van der Waals surface area contributed by atoms with Gasteiger partial charge in [0, 0.05) is 12.7 Å². The molecule has 1 aliphatic rings. The lowest BCUT2D eigenvalue weighted by Gasteiger charge is -2.44. The SMILES string of the molecule is COC1(C(NN)c2c(F)ccc(Br)c2F)CCCC(C)C1. The minimum atomic E-state index is -0.734. The lowest BCUT2D eigenvalue weighted by molar-refractivity contribution is -0.0820. The molecule has 1 aliphatic carbocycles. The topological polar surface area (TPSA) is 47.3 Å². The van der Waals surface area contributed by atoms with E-state index in [0.29, 0.717) is 18.8 Å². The fourth-order valence-corrected chi connectivity index (χ4v) is 3.76. The first kappa shape index (κ1) is 16.8. The first-order valence-corrected chi connectivity index (χ1v) is 7.89. The second-order valence-corrected chi connectivity index (χ2v) is 6.68. The first-order chi connectivity index (χ1) is 9.95. The number of benzene rings is 1. The smallest absolute Gasteiger partial charge is 0.145 e. The van der Waals surface area contributed by atoms with Gasteiger partial charge in [0.05, 0.1) is 16.1 Å². The molecule has 3 nitrogen and oxygen atoms in total. The average molecular weight is 363 g/mol. The maximum Gasteiger partial charge on any atom is 0.145 e. The first-order valence-electron chi connectivity index (χ1n) is 7.10. The Labute approximate surface area is 132 Å². The Morgan fingerprint density at radius 1 is 1.48 bits per heavy atom. The van der Waals surface area contributed by atoms with Crippen LogP contribution in [0.2, 0.25) is 0 Å². The summed E-state index contributed by atoms with van der Waals surface area (Å²) in [5, 5.41) is 0. The number of nitrogens with two attached hydrogens (primary N) is 1. The number of halogens is 3. The van der Waals surface area contributed by atoms with E-state index in [1.165, 1.54) is 12.1 Å². The molecule has 1 aromatic rings. The zero-order valence-electron chi connectivity index (χ0n) is 12.3. The zero-order chi connectivity index (χ0) is 15.6. The summed E-state index contributed by atoms with van der Waals surface area (Å²) in [4.78, 5) is 0. The van der Waals surface area contributed by atoms with Crippen molar-refractivity contribution < 1.29 is 13.5 Å². The van der Waals surface area contributed by atoms with Gasteiger partial charge in [-0.1, -0.05) is 19.8 Å². The van der Waals surface area contributed by atoms with Gasteiger partial charge in [0.1, 0.15) is 11.6 Å². The van der Waals surface area contributed by atoms with E-state index in [0.717, 1.165) is 12.8 Å². The lowest BCUT2D eigenvalue weighted by Crippen LogP contribution is -2.51. The summed E-state index contributed by atoms with van der Waals surface area (Å²) in [6.45, 7) is 2.12. The van der Waals surface area contributed by atoms with Gasteiger partial charge < -0.3 is 4.74 Å². The molecule has 118 valence electrons. The molecular weight excluding hydrogens is 342 g/mol. The van der Waals surface area contributed by atoms with Crippen molar-refractivity contribution in [2.24, 2.45) is 11.8 Å². The van der Waals surface area contributed by atoms with Gasteiger partial charge in [-0.3, -0.25) is 5.84 Å². The van der Waals surface area contributed by atoms with Gasteiger partial charge in [0.2, 0.25) is 0 Å². The quantitative estimate of drug-likeness (QED) is 0.486. The highest BCUT2D eigenvalue weighted by Gasteiger charge is 2.44. The van der Waals surface area contributed by atoms with E-state index < -0.39 is 23.3 Å². The Bertz CT molecular complexity index is 515. The Morgan fingerprint density at radius 3 is 2.76 bits per heavy atom. The van der Waals surface area contributed by atoms with Crippen molar-refractivity contribution in [1.82, 2.24) is 5.43 Å². The minimum absolute atomic E-state index is 0.0668. The number of nitrogens with one attached hydrogen (secondary N) is 1. The molecule has 0 spiro atoms. The third-order valence-electron chi connectivity index (χ3n) is 4.46. The molecule has 0 bridgehead atoms. The summed E-state index contributed by atoms with van der Waals surface area (Å²) < 4.78 is 34.6. The summed E-state index contributed by atoms with van der Waals surface area (Å²) in [7, 11) is 1.58. The van der Waals surface area contributed by atoms with E-state index >= 15 is 0 Å². The molecule has 2 rings (SSSR count). The van der Waals surface area contributed by atoms with Gasteiger partial charge in [0.25, 0.3) is 0 Å². The monoisotopic (exact) mass is 362 g/mol. The second-order valence-electron chi connectivity index (χ2n) is 5.83. The summed E-state index contributed by atoms with van der Waals surface area (Å²) in [5.41, 5.74) is 1.82. The number of ether oxygens (including phenoxy) is 1. The summed E-state index contributed by atoms with van der Waals surface area (Å²) in [6.07, 6.45) is 3.47. The van der Waals surface area contributed by atoms with Gasteiger partial charge in [0.15, 0.2) is 0 Å². The highest BCUT2D eigenvalue weighted by atomic mass is 79.9. The Morgan fingerprint density at radius 2 is 2.19 bits per heavy atom. The van der Waals surface area contributed by atoms with Crippen LogP contribution in [0.5, 0.6) is 0 Å². The van der Waals surface area contributed by atoms with Crippen LogP contribution < -0.4 is 11.3 Å². The molecule has 3 N–H and O–H groups in total. The van der Waals surface area contributed by atoms with E-state index in [4.69, 9.17) is 10.6 Å². The number of hydrogen-bond donors (Lipinski definition) is 2. The highest BCUT2D eigenvalue weighted by Crippen LogP contribution is 2.44. The van der Waals surface area contributed by atoms with Gasteiger partial charge in [-0.25, -0.2) is 14.2 Å². The van der Waals surface area contributed by atoms with Crippen LogP contribution in [0.25, 0.3) is 0 Å². The molecule has 0 saturated heterocycles. The fraction of sp³-hybridized carbons (Fsp3) is 0.600. The summed E-state index contributed by atoms with van der Waals surface area (Å²) in [5.74, 6) is 4.83. The number of hydrazine groups is 1. The van der Waals surface area contributed by atoms with Crippen LogP contribution in [-0.4, -0.2) is 12.7 Å². The lowest BCUT2D eigenvalue weighted by atomic mass is 9.72. The molecule has 3 atom stereocenters. The Balaban J connectivity index is 2.50. The molecule has 21 heavy (non-hydrogen) atoms.